The summed E-state index contributed by atoms with van der Waals surface area (Å²) >= 11 is 0. The van der Waals surface area contributed by atoms with Gasteiger partial charge in [0.05, 0.1) is 64.1 Å². The average Bonchev–Trinajstić information content (AvgIpc) is 3.71. The predicted molar refractivity (Wildman–Crippen MR) is 103 cm³/mol. The summed E-state index contributed by atoms with van der Waals surface area (Å²) in [7, 11) is 0. The highest BCUT2D eigenvalue weighted by Gasteiger charge is 2.48. The van der Waals surface area contributed by atoms with Gasteiger partial charge in [0, 0.05) is 11.8 Å². The van der Waals surface area contributed by atoms with Gasteiger partial charge in [0.15, 0.2) is 12.6 Å². The second kappa shape index (κ2) is 8.90. The highest BCUT2D eigenvalue weighted by atomic mass is 16.7. The monoisotopic (exact) mass is 426 g/mol. The van der Waals surface area contributed by atoms with E-state index in [0.29, 0.717) is 75.9 Å². The summed E-state index contributed by atoms with van der Waals surface area (Å²) in [5, 5.41) is 0. The number of ether oxygens (including phenoxy) is 8. The summed E-state index contributed by atoms with van der Waals surface area (Å²) in [6.07, 6.45) is 8.35. The van der Waals surface area contributed by atoms with E-state index >= 15 is 0 Å². The Morgan fingerprint density at radius 2 is 0.967 bits per heavy atom. The van der Waals surface area contributed by atoms with E-state index in [-0.39, 0.29) is 24.8 Å². The summed E-state index contributed by atoms with van der Waals surface area (Å²) in [4.78, 5) is 0. The maximum Gasteiger partial charge on any atom is 0.160 e. The molecule has 170 valence electrons. The highest BCUT2D eigenvalue weighted by molar-refractivity contribution is 4.94. The minimum Gasteiger partial charge on any atom is -0.371 e. The Morgan fingerprint density at radius 1 is 0.533 bits per heavy atom. The van der Waals surface area contributed by atoms with Gasteiger partial charge in [-0.15, -0.1) is 0 Å². The normalized spacial score (nSPS) is 50.4. The van der Waals surface area contributed by atoms with Crippen molar-refractivity contribution in [1.29, 1.82) is 0 Å². The van der Waals surface area contributed by atoms with Gasteiger partial charge < -0.3 is 37.9 Å². The lowest BCUT2D eigenvalue weighted by Gasteiger charge is -2.35. The standard InChI is InChI=1S/C22H34O8/c1-3-17-19(29-17)7-13(1)21-25-9-15(10-26-21)23-5-6-24-16-11-27-22(28-12-16)14-2-4-18-20(8-14)30-18/h13-22H,1-12H2. The summed E-state index contributed by atoms with van der Waals surface area (Å²) < 4.78 is 46.7. The first-order valence-corrected chi connectivity index (χ1v) is 11.8. The molecule has 6 fully saturated rings. The molecule has 0 aromatic heterocycles. The molecule has 0 bridgehead atoms. The Labute approximate surface area is 177 Å². The molecule has 0 amide bonds. The molecule has 8 heteroatoms. The van der Waals surface area contributed by atoms with Crippen molar-refractivity contribution in [2.75, 3.05) is 39.6 Å². The molecule has 4 aliphatic heterocycles. The van der Waals surface area contributed by atoms with Crippen molar-refractivity contribution in [3.63, 3.8) is 0 Å². The van der Waals surface area contributed by atoms with Crippen molar-refractivity contribution >= 4 is 0 Å². The lowest BCUT2D eigenvalue weighted by Crippen LogP contribution is -2.43. The van der Waals surface area contributed by atoms with E-state index in [0.717, 1.165) is 38.5 Å². The molecule has 0 radical (unpaired) electrons. The lowest BCUT2D eigenvalue weighted by atomic mass is 9.88. The number of fused-ring (bicyclic) bond motifs is 2. The molecule has 6 atom stereocenters. The fraction of sp³-hybridized carbons (Fsp3) is 1.00. The smallest absolute Gasteiger partial charge is 0.160 e. The zero-order valence-corrected chi connectivity index (χ0v) is 17.5. The van der Waals surface area contributed by atoms with Crippen LogP contribution < -0.4 is 0 Å². The lowest BCUT2D eigenvalue weighted by molar-refractivity contribution is -0.258. The van der Waals surface area contributed by atoms with Crippen LogP contribution in [0.25, 0.3) is 0 Å². The van der Waals surface area contributed by atoms with Gasteiger partial charge in [0.2, 0.25) is 0 Å². The van der Waals surface area contributed by atoms with Gasteiger partial charge in [-0.2, -0.15) is 0 Å². The van der Waals surface area contributed by atoms with E-state index in [9.17, 15) is 0 Å². The van der Waals surface area contributed by atoms with Crippen LogP contribution in [0.3, 0.4) is 0 Å². The first kappa shape index (κ1) is 20.3. The molecule has 0 N–H and O–H groups in total. The predicted octanol–water partition coefficient (Wildman–Crippen LogP) is 1.64. The van der Waals surface area contributed by atoms with Crippen LogP contribution in [-0.2, 0) is 37.9 Å². The zero-order valence-electron chi connectivity index (χ0n) is 17.5. The molecule has 6 rings (SSSR count). The minimum absolute atomic E-state index is 0.0265. The van der Waals surface area contributed by atoms with E-state index < -0.39 is 0 Å². The van der Waals surface area contributed by atoms with Crippen LogP contribution in [0, 0.1) is 11.8 Å². The van der Waals surface area contributed by atoms with Crippen LogP contribution in [-0.4, -0.2) is 88.8 Å². The quantitative estimate of drug-likeness (QED) is 0.449. The van der Waals surface area contributed by atoms with Gasteiger partial charge in [0.25, 0.3) is 0 Å². The van der Waals surface area contributed by atoms with Crippen LogP contribution >= 0.6 is 0 Å². The SMILES string of the molecule is C(COC1COC(C2CCC3OC3C2)OC1)OC1COC(C2CCC3OC3C2)OC1. The maximum atomic E-state index is 5.93. The summed E-state index contributed by atoms with van der Waals surface area (Å²) in [5.41, 5.74) is 0. The van der Waals surface area contributed by atoms with Gasteiger partial charge in [0.1, 0.15) is 12.2 Å². The van der Waals surface area contributed by atoms with Crippen molar-refractivity contribution in [3.05, 3.63) is 0 Å². The molecule has 30 heavy (non-hydrogen) atoms. The van der Waals surface area contributed by atoms with Crippen LogP contribution in [0.5, 0.6) is 0 Å². The topological polar surface area (TPSA) is 80.4 Å². The van der Waals surface area contributed by atoms with Gasteiger partial charge in [-0.05, 0) is 38.5 Å². The Balaban J connectivity index is 0.826. The Morgan fingerprint density at radius 3 is 1.37 bits per heavy atom. The molecule has 4 saturated heterocycles. The molecule has 2 saturated carbocycles. The molecule has 4 heterocycles. The molecule has 8 nitrogen and oxygen atoms in total. The van der Waals surface area contributed by atoms with Crippen LogP contribution in [0.15, 0.2) is 0 Å². The Hall–Kier alpha value is -0.320. The molecular weight excluding hydrogens is 392 g/mol. The van der Waals surface area contributed by atoms with E-state index in [1.807, 2.05) is 0 Å². The van der Waals surface area contributed by atoms with Gasteiger partial charge in [-0.1, -0.05) is 0 Å². The molecule has 6 unspecified atom stereocenters. The molecule has 6 aliphatic rings. The Kier molecular flexibility index (Phi) is 6.02. The third-order valence-corrected chi connectivity index (χ3v) is 7.44. The third-order valence-electron chi connectivity index (χ3n) is 7.44. The fourth-order valence-corrected chi connectivity index (χ4v) is 5.53. The molecule has 0 aromatic carbocycles. The maximum absolute atomic E-state index is 5.93. The second-order valence-corrected chi connectivity index (χ2v) is 9.63. The average molecular weight is 427 g/mol. The number of hydrogen-bond acceptors (Lipinski definition) is 8. The highest BCUT2D eigenvalue weighted by Crippen LogP contribution is 2.42. The Bertz CT molecular complexity index is 523. The van der Waals surface area contributed by atoms with E-state index in [4.69, 9.17) is 37.9 Å². The van der Waals surface area contributed by atoms with E-state index in [1.165, 1.54) is 0 Å². The van der Waals surface area contributed by atoms with Crippen LogP contribution in [0.1, 0.15) is 38.5 Å². The van der Waals surface area contributed by atoms with Gasteiger partial charge in [-0.3, -0.25) is 0 Å². The third kappa shape index (κ3) is 4.71. The van der Waals surface area contributed by atoms with Crippen molar-refractivity contribution < 1.29 is 37.9 Å². The minimum atomic E-state index is -0.0998. The zero-order chi connectivity index (χ0) is 19.9. The van der Waals surface area contributed by atoms with Crippen molar-refractivity contribution in [1.82, 2.24) is 0 Å². The van der Waals surface area contributed by atoms with E-state index in [1.54, 1.807) is 0 Å². The van der Waals surface area contributed by atoms with Gasteiger partial charge >= 0.3 is 0 Å². The molecule has 0 aromatic rings. The van der Waals surface area contributed by atoms with Crippen LogP contribution in [0.4, 0.5) is 0 Å². The first-order valence-electron chi connectivity index (χ1n) is 11.8. The number of epoxide rings is 2. The number of hydrogen-bond donors (Lipinski definition) is 0. The van der Waals surface area contributed by atoms with Crippen molar-refractivity contribution in [2.45, 2.75) is 87.7 Å². The van der Waals surface area contributed by atoms with Crippen molar-refractivity contribution in [2.24, 2.45) is 11.8 Å². The fourth-order valence-electron chi connectivity index (χ4n) is 5.53. The van der Waals surface area contributed by atoms with Crippen molar-refractivity contribution in [3.8, 4) is 0 Å². The summed E-state index contributed by atoms with van der Waals surface area (Å²) in [6.45, 7) is 3.37. The van der Waals surface area contributed by atoms with Crippen LogP contribution in [0.2, 0.25) is 0 Å². The number of rotatable bonds is 7. The molecule has 0 spiro atoms. The molecule has 2 aliphatic carbocycles. The van der Waals surface area contributed by atoms with Gasteiger partial charge in [-0.25, -0.2) is 0 Å². The molecular formula is C22H34O8. The van der Waals surface area contributed by atoms with E-state index in [2.05, 4.69) is 0 Å². The summed E-state index contributed by atoms with van der Waals surface area (Å²) in [6, 6.07) is 0. The summed E-state index contributed by atoms with van der Waals surface area (Å²) in [5.74, 6) is 0.917. The first-order chi connectivity index (χ1) is 14.8. The second-order valence-electron chi connectivity index (χ2n) is 9.63. The largest absolute Gasteiger partial charge is 0.371 e.